The Bertz CT molecular complexity index is 807. The van der Waals surface area contributed by atoms with Crippen LogP contribution in [0.5, 0.6) is 0 Å². The van der Waals surface area contributed by atoms with E-state index in [2.05, 4.69) is 23.3 Å². The predicted octanol–water partition coefficient (Wildman–Crippen LogP) is 3.19. The monoisotopic (exact) mass is 293 g/mol. The second-order valence-corrected chi connectivity index (χ2v) is 4.91. The normalized spacial score (nSPS) is 10.6. The highest BCUT2D eigenvalue weighted by molar-refractivity contribution is 5.88. The molecule has 2 aromatic carbocycles. The molecule has 5 nitrogen and oxygen atoms in total. The minimum atomic E-state index is -0.938. The summed E-state index contributed by atoms with van der Waals surface area (Å²) in [7, 11) is 0. The zero-order valence-electron chi connectivity index (χ0n) is 12.1. The van der Waals surface area contributed by atoms with Crippen LogP contribution in [0.3, 0.4) is 0 Å². The zero-order valence-corrected chi connectivity index (χ0v) is 12.1. The maximum absolute atomic E-state index is 10.9. The maximum Gasteiger partial charge on any atom is 0.335 e. The Balaban J connectivity index is 1.95. The quantitative estimate of drug-likeness (QED) is 0.802. The van der Waals surface area contributed by atoms with Crippen molar-refractivity contribution in [2.24, 2.45) is 0 Å². The minimum absolute atomic E-state index is 0.257. The van der Waals surface area contributed by atoms with Crippen molar-refractivity contribution >= 4 is 5.97 Å². The van der Waals surface area contributed by atoms with Crippen LogP contribution in [0.15, 0.2) is 54.7 Å². The van der Waals surface area contributed by atoms with Crippen molar-refractivity contribution in [3.63, 3.8) is 0 Å². The Morgan fingerprint density at radius 1 is 1.14 bits per heavy atom. The lowest BCUT2D eigenvalue weighted by atomic mass is 10.1. The molecule has 0 radical (unpaired) electrons. The third kappa shape index (κ3) is 2.61. The molecule has 0 amide bonds. The lowest BCUT2D eigenvalue weighted by Crippen LogP contribution is -1.99. The van der Waals surface area contributed by atoms with E-state index >= 15 is 0 Å². The van der Waals surface area contributed by atoms with Crippen molar-refractivity contribution in [2.45, 2.75) is 13.3 Å². The van der Waals surface area contributed by atoms with Crippen molar-refractivity contribution in [3.05, 3.63) is 65.9 Å². The molecular weight excluding hydrogens is 278 g/mol. The first kappa shape index (κ1) is 14.0. The number of rotatable bonds is 4. The van der Waals surface area contributed by atoms with Gasteiger partial charge in [0, 0.05) is 5.56 Å². The molecule has 110 valence electrons. The largest absolute Gasteiger partial charge is 0.478 e. The van der Waals surface area contributed by atoms with Crippen LogP contribution in [0, 0.1) is 0 Å². The van der Waals surface area contributed by atoms with Gasteiger partial charge in [0.2, 0.25) is 0 Å². The van der Waals surface area contributed by atoms with E-state index in [4.69, 9.17) is 5.11 Å². The molecule has 0 spiro atoms. The summed E-state index contributed by atoms with van der Waals surface area (Å²) in [6, 6.07) is 14.7. The van der Waals surface area contributed by atoms with E-state index in [1.54, 1.807) is 28.9 Å². The summed E-state index contributed by atoms with van der Waals surface area (Å²) in [6.45, 7) is 2.10. The molecule has 0 unspecified atom stereocenters. The summed E-state index contributed by atoms with van der Waals surface area (Å²) in [4.78, 5) is 10.9. The van der Waals surface area contributed by atoms with Crippen LogP contribution in [0.4, 0.5) is 0 Å². The second kappa shape index (κ2) is 5.81. The first-order chi connectivity index (χ1) is 10.7. The third-order valence-electron chi connectivity index (χ3n) is 3.54. The van der Waals surface area contributed by atoms with E-state index < -0.39 is 5.97 Å². The Labute approximate surface area is 127 Å². The van der Waals surface area contributed by atoms with Gasteiger partial charge >= 0.3 is 5.97 Å². The van der Waals surface area contributed by atoms with Gasteiger partial charge in [-0.3, -0.25) is 0 Å². The number of carboxylic acid groups (broad SMARTS) is 1. The van der Waals surface area contributed by atoms with Gasteiger partial charge in [-0.25, -0.2) is 9.48 Å². The smallest absolute Gasteiger partial charge is 0.335 e. The molecule has 1 heterocycles. The molecule has 22 heavy (non-hydrogen) atoms. The minimum Gasteiger partial charge on any atom is -0.478 e. The van der Waals surface area contributed by atoms with Gasteiger partial charge in [-0.05, 0) is 30.2 Å². The Morgan fingerprint density at radius 3 is 2.55 bits per heavy atom. The van der Waals surface area contributed by atoms with Gasteiger partial charge in [0.1, 0.15) is 5.69 Å². The number of aryl methyl sites for hydroxylation is 1. The number of benzene rings is 2. The number of hydrogen-bond acceptors (Lipinski definition) is 3. The van der Waals surface area contributed by atoms with Crippen molar-refractivity contribution in [2.75, 3.05) is 0 Å². The second-order valence-electron chi connectivity index (χ2n) is 4.91. The molecular formula is C17H15N3O2. The topological polar surface area (TPSA) is 68.0 Å². The van der Waals surface area contributed by atoms with E-state index in [0.29, 0.717) is 5.69 Å². The summed E-state index contributed by atoms with van der Waals surface area (Å²) in [5.41, 5.74) is 4.01. The number of hydrogen-bond donors (Lipinski definition) is 1. The van der Waals surface area contributed by atoms with E-state index in [9.17, 15) is 4.79 Å². The van der Waals surface area contributed by atoms with Crippen LogP contribution < -0.4 is 0 Å². The van der Waals surface area contributed by atoms with Gasteiger partial charge in [0.15, 0.2) is 0 Å². The van der Waals surface area contributed by atoms with Gasteiger partial charge in [-0.1, -0.05) is 42.5 Å². The summed E-state index contributed by atoms with van der Waals surface area (Å²) < 4.78 is 1.75. The molecule has 0 bridgehead atoms. The first-order valence-corrected chi connectivity index (χ1v) is 7.03. The van der Waals surface area contributed by atoms with Crippen LogP contribution in [-0.2, 0) is 6.42 Å². The highest BCUT2D eigenvalue weighted by Gasteiger charge is 2.09. The Kier molecular flexibility index (Phi) is 3.70. The Morgan fingerprint density at radius 2 is 1.86 bits per heavy atom. The molecule has 0 saturated carbocycles. The van der Waals surface area contributed by atoms with Gasteiger partial charge < -0.3 is 5.11 Å². The van der Waals surface area contributed by atoms with Gasteiger partial charge in [-0.2, -0.15) is 0 Å². The molecule has 3 rings (SSSR count). The molecule has 0 saturated heterocycles. The molecule has 0 aliphatic carbocycles. The summed E-state index contributed by atoms with van der Waals surface area (Å²) in [6.07, 6.45) is 2.77. The zero-order chi connectivity index (χ0) is 15.5. The number of nitrogens with zero attached hydrogens (tertiary/aromatic N) is 3. The molecule has 1 N–H and O–H groups in total. The fourth-order valence-corrected chi connectivity index (χ4v) is 2.33. The number of para-hydroxylation sites is 1. The molecule has 1 aromatic heterocycles. The Hall–Kier alpha value is -2.95. The average molecular weight is 293 g/mol. The van der Waals surface area contributed by atoms with E-state index in [-0.39, 0.29) is 5.56 Å². The number of carbonyl (C=O) groups is 1. The summed E-state index contributed by atoms with van der Waals surface area (Å²) in [5, 5.41) is 17.3. The SMILES string of the molecule is CCc1ccccc1-n1cc(-c2ccc(C(=O)O)cc2)nn1. The molecule has 3 aromatic rings. The van der Waals surface area contributed by atoms with Crippen molar-refractivity contribution in [3.8, 4) is 16.9 Å². The van der Waals surface area contributed by atoms with Gasteiger partial charge in [0.05, 0.1) is 17.4 Å². The number of aromatic carboxylic acids is 1. The van der Waals surface area contributed by atoms with Crippen molar-refractivity contribution in [1.29, 1.82) is 0 Å². The fraction of sp³-hybridized carbons (Fsp3) is 0.118. The standard InChI is InChI=1S/C17H15N3O2/c1-2-12-5-3-4-6-16(12)20-11-15(18-19-20)13-7-9-14(10-8-13)17(21)22/h3-11H,2H2,1H3,(H,21,22). The van der Waals surface area contributed by atoms with Crippen LogP contribution in [0.1, 0.15) is 22.8 Å². The van der Waals surface area contributed by atoms with Crippen molar-refractivity contribution in [1.82, 2.24) is 15.0 Å². The molecule has 0 fully saturated rings. The van der Waals surface area contributed by atoms with Gasteiger partial charge in [0.25, 0.3) is 0 Å². The summed E-state index contributed by atoms with van der Waals surface area (Å²) >= 11 is 0. The highest BCUT2D eigenvalue weighted by Crippen LogP contribution is 2.20. The van der Waals surface area contributed by atoms with E-state index in [0.717, 1.165) is 17.7 Å². The van der Waals surface area contributed by atoms with Crippen LogP contribution >= 0.6 is 0 Å². The van der Waals surface area contributed by atoms with Crippen LogP contribution in [0.2, 0.25) is 0 Å². The summed E-state index contributed by atoms with van der Waals surface area (Å²) in [5.74, 6) is -0.938. The predicted molar refractivity (Wildman–Crippen MR) is 83.1 cm³/mol. The maximum atomic E-state index is 10.9. The first-order valence-electron chi connectivity index (χ1n) is 7.03. The van der Waals surface area contributed by atoms with Crippen LogP contribution in [-0.4, -0.2) is 26.1 Å². The lowest BCUT2D eigenvalue weighted by molar-refractivity contribution is 0.0697. The molecule has 0 atom stereocenters. The molecule has 0 aliphatic heterocycles. The van der Waals surface area contributed by atoms with Crippen LogP contribution in [0.25, 0.3) is 16.9 Å². The lowest BCUT2D eigenvalue weighted by Gasteiger charge is -2.05. The molecule has 0 aliphatic rings. The van der Waals surface area contributed by atoms with Gasteiger partial charge in [-0.15, -0.1) is 5.10 Å². The van der Waals surface area contributed by atoms with E-state index in [1.807, 2.05) is 24.4 Å². The number of aromatic nitrogens is 3. The molecule has 5 heteroatoms. The average Bonchev–Trinajstić information content (AvgIpc) is 3.04. The third-order valence-corrected chi connectivity index (χ3v) is 3.54. The van der Waals surface area contributed by atoms with E-state index in [1.165, 1.54) is 5.56 Å². The van der Waals surface area contributed by atoms with Crippen molar-refractivity contribution < 1.29 is 9.90 Å². The fourth-order valence-electron chi connectivity index (χ4n) is 2.33. The highest BCUT2D eigenvalue weighted by atomic mass is 16.4. The number of carboxylic acids is 1.